The van der Waals surface area contributed by atoms with Crippen molar-refractivity contribution < 1.29 is 0 Å². The van der Waals surface area contributed by atoms with Gasteiger partial charge >= 0.3 is 0 Å². The predicted octanol–water partition coefficient (Wildman–Crippen LogP) is 4.05. The molecule has 1 nitrogen and oxygen atoms in total. The molecule has 1 aliphatic rings. The molecule has 0 fully saturated rings. The Labute approximate surface area is 77.6 Å². The lowest BCUT2D eigenvalue weighted by Crippen LogP contribution is -1.93. The number of hydrogen-bond donors (Lipinski definition) is 0. The topological polar surface area (TPSA) is 12.4 Å². The molecule has 0 bridgehead atoms. The summed E-state index contributed by atoms with van der Waals surface area (Å²) in [5.41, 5.74) is 0.500. The maximum atomic E-state index is 3.78. The van der Waals surface area contributed by atoms with Gasteiger partial charge in [0.05, 0.1) is 0 Å². The van der Waals surface area contributed by atoms with E-state index in [1.54, 1.807) is 6.20 Å². The van der Waals surface area contributed by atoms with Crippen molar-refractivity contribution in [2.45, 2.75) is 48.0 Å². The van der Waals surface area contributed by atoms with Crippen LogP contribution < -0.4 is 0 Å². The number of nitrogens with zero attached hydrogens (tertiary/aromatic N) is 1. The zero-order valence-electron chi connectivity index (χ0n) is 9.39. The normalized spacial score (nSPS) is 12.8. The van der Waals surface area contributed by atoms with Crippen LogP contribution in [0.3, 0.4) is 0 Å². The molecule has 0 saturated heterocycles. The third kappa shape index (κ3) is 34.2. The maximum absolute atomic E-state index is 3.78. The van der Waals surface area contributed by atoms with Crippen LogP contribution in [-0.4, -0.2) is 6.21 Å². The van der Waals surface area contributed by atoms with Crippen molar-refractivity contribution in [3.05, 3.63) is 12.3 Å². The molecule has 0 atom stereocenters. The molecule has 0 radical (unpaired) electrons. The van der Waals surface area contributed by atoms with Gasteiger partial charge in [0.2, 0.25) is 0 Å². The summed E-state index contributed by atoms with van der Waals surface area (Å²) in [7, 11) is 0. The minimum absolute atomic E-state index is 0.500. The zero-order valence-corrected chi connectivity index (χ0v) is 9.39. The van der Waals surface area contributed by atoms with E-state index in [1.165, 1.54) is 0 Å². The summed E-state index contributed by atoms with van der Waals surface area (Å²) < 4.78 is 0. The number of aliphatic imine (C=N–C) groups is 1. The van der Waals surface area contributed by atoms with Crippen LogP contribution in [0.5, 0.6) is 0 Å². The molecule has 0 aliphatic carbocycles. The molecule has 12 heavy (non-hydrogen) atoms. The highest BCUT2D eigenvalue weighted by Gasteiger charge is 1.95. The first kappa shape index (κ1) is 14.0. The quantitative estimate of drug-likeness (QED) is 0.518. The van der Waals surface area contributed by atoms with E-state index in [-0.39, 0.29) is 0 Å². The van der Waals surface area contributed by atoms with Crippen molar-refractivity contribution in [2.75, 3.05) is 0 Å². The lowest BCUT2D eigenvalue weighted by Gasteiger charge is -2.05. The Morgan fingerprint density at radius 2 is 1.50 bits per heavy atom. The van der Waals surface area contributed by atoms with E-state index < -0.39 is 0 Å². The number of rotatable bonds is 0. The van der Waals surface area contributed by atoms with Gasteiger partial charge in [-0.3, -0.25) is 4.99 Å². The fourth-order valence-corrected chi connectivity index (χ4v) is 0.304. The summed E-state index contributed by atoms with van der Waals surface area (Å²) in [5.74, 6) is 0. The summed E-state index contributed by atoms with van der Waals surface area (Å²) >= 11 is 0. The molecule has 0 N–H and O–H groups in total. The Morgan fingerprint density at radius 1 is 1.08 bits per heavy atom. The first-order valence-corrected chi connectivity index (χ1v) is 4.67. The van der Waals surface area contributed by atoms with Crippen LogP contribution in [0.4, 0.5) is 0 Å². The summed E-state index contributed by atoms with van der Waals surface area (Å²) in [6.07, 6.45) is 6.72. The van der Waals surface area contributed by atoms with Gasteiger partial charge in [-0.2, -0.15) is 0 Å². The highest BCUT2D eigenvalue weighted by Crippen LogP contribution is 2.08. The van der Waals surface area contributed by atoms with E-state index in [2.05, 4.69) is 32.7 Å². The van der Waals surface area contributed by atoms with Gasteiger partial charge in [0.25, 0.3) is 0 Å². The largest absolute Gasteiger partial charge is 0.269 e. The highest BCUT2D eigenvalue weighted by molar-refractivity contribution is 5.62. The van der Waals surface area contributed by atoms with Crippen LogP contribution in [0, 0.1) is 5.41 Å². The van der Waals surface area contributed by atoms with Crippen molar-refractivity contribution in [1.29, 1.82) is 0 Å². The Morgan fingerprint density at radius 3 is 1.58 bits per heavy atom. The van der Waals surface area contributed by atoms with E-state index in [0.29, 0.717) is 5.41 Å². The van der Waals surface area contributed by atoms with E-state index in [9.17, 15) is 0 Å². The lowest BCUT2D eigenvalue weighted by molar-refractivity contribution is 0.469. The van der Waals surface area contributed by atoms with Crippen molar-refractivity contribution in [1.82, 2.24) is 0 Å². The van der Waals surface area contributed by atoms with Gasteiger partial charge in [0.15, 0.2) is 0 Å². The molecule has 72 valence electrons. The Hall–Kier alpha value is -0.590. The van der Waals surface area contributed by atoms with Crippen LogP contribution in [-0.2, 0) is 0 Å². The SMILES string of the molecule is C1=CN=CC1.CC.CC(C)(C)C. The van der Waals surface area contributed by atoms with Gasteiger partial charge in [0.1, 0.15) is 0 Å². The van der Waals surface area contributed by atoms with Crippen molar-refractivity contribution >= 4 is 6.21 Å². The highest BCUT2D eigenvalue weighted by atomic mass is 14.7. The van der Waals surface area contributed by atoms with E-state index >= 15 is 0 Å². The maximum Gasteiger partial charge on any atom is 0.0227 e. The van der Waals surface area contributed by atoms with Gasteiger partial charge in [-0.1, -0.05) is 47.6 Å². The molecule has 0 aromatic rings. The van der Waals surface area contributed by atoms with Crippen molar-refractivity contribution in [3.63, 3.8) is 0 Å². The monoisotopic (exact) mass is 169 g/mol. The molecule has 1 aliphatic heterocycles. The van der Waals surface area contributed by atoms with E-state index in [0.717, 1.165) is 6.42 Å². The lowest BCUT2D eigenvalue weighted by atomic mass is 10.0. The summed E-state index contributed by atoms with van der Waals surface area (Å²) in [6.45, 7) is 12.8. The van der Waals surface area contributed by atoms with E-state index in [1.807, 2.05) is 26.1 Å². The Bertz CT molecular complexity index is 110. The van der Waals surface area contributed by atoms with Gasteiger partial charge < -0.3 is 0 Å². The zero-order chi connectivity index (χ0) is 10.0. The second kappa shape index (κ2) is 8.51. The van der Waals surface area contributed by atoms with Gasteiger partial charge in [-0.15, -0.1) is 0 Å². The van der Waals surface area contributed by atoms with Gasteiger partial charge in [-0.25, -0.2) is 0 Å². The van der Waals surface area contributed by atoms with Crippen LogP contribution >= 0.6 is 0 Å². The fourth-order valence-electron chi connectivity index (χ4n) is 0.304. The molecular weight excluding hydrogens is 146 g/mol. The molecular formula is C11H23N. The van der Waals surface area contributed by atoms with Gasteiger partial charge in [-0.05, 0) is 5.41 Å². The predicted molar refractivity (Wildman–Crippen MR) is 58.7 cm³/mol. The Balaban J connectivity index is 0. The standard InChI is InChI=1S/C5H12.C4H5N.C2H6/c1-5(2,3)4;1-2-4-5-3-1;1-2/h1-4H3;1,3-4H,2H2;1-2H3. The van der Waals surface area contributed by atoms with Crippen LogP contribution in [0.2, 0.25) is 0 Å². The molecule has 1 heteroatoms. The molecule has 1 rings (SSSR count). The van der Waals surface area contributed by atoms with Crippen LogP contribution in [0.1, 0.15) is 48.0 Å². The van der Waals surface area contributed by atoms with E-state index in [4.69, 9.17) is 0 Å². The minimum atomic E-state index is 0.500. The molecule has 0 amide bonds. The molecule has 0 unspecified atom stereocenters. The minimum Gasteiger partial charge on any atom is -0.269 e. The molecule has 0 spiro atoms. The average Bonchev–Trinajstić information content (AvgIpc) is 2.41. The number of allylic oxidation sites excluding steroid dienone is 1. The third-order valence-electron chi connectivity index (χ3n) is 0.538. The Kier molecular flexibility index (Phi) is 9.90. The van der Waals surface area contributed by atoms with Crippen LogP contribution in [0.25, 0.3) is 0 Å². The molecule has 0 saturated carbocycles. The van der Waals surface area contributed by atoms with Crippen molar-refractivity contribution in [3.8, 4) is 0 Å². The summed E-state index contributed by atoms with van der Waals surface area (Å²) in [6, 6.07) is 0. The fraction of sp³-hybridized carbons (Fsp3) is 0.727. The van der Waals surface area contributed by atoms with Crippen molar-refractivity contribution in [2.24, 2.45) is 10.4 Å². The summed E-state index contributed by atoms with van der Waals surface area (Å²) in [5, 5.41) is 0. The second-order valence-electron chi connectivity index (χ2n) is 3.95. The first-order valence-electron chi connectivity index (χ1n) is 4.67. The number of hydrogen-bond acceptors (Lipinski definition) is 1. The van der Waals surface area contributed by atoms with Gasteiger partial charge in [0, 0.05) is 18.8 Å². The molecule has 0 aromatic carbocycles. The molecule has 1 heterocycles. The molecule has 0 aromatic heterocycles. The first-order chi connectivity index (χ1) is 5.50. The van der Waals surface area contributed by atoms with Crippen LogP contribution in [0.15, 0.2) is 17.3 Å². The third-order valence-corrected chi connectivity index (χ3v) is 0.538. The summed E-state index contributed by atoms with van der Waals surface area (Å²) in [4.78, 5) is 3.78. The second-order valence-corrected chi connectivity index (χ2v) is 3.95. The smallest absolute Gasteiger partial charge is 0.0227 e. The average molecular weight is 169 g/mol.